The Balaban J connectivity index is 2.56. The van der Waals surface area contributed by atoms with Crippen molar-refractivity contribution < 1.29 is 15.0 Å². The predicted octanol–water partition coefficient (Wildman–Crippen LogP) is 1.29. The number of carboxylic acids is 1. The first kappa shape index (κ1) is 12.6. The third-order valence-corrected chi connectivity index (χ3v) is 3.60. The van der Waals surface area contributed by atoms with Gasteiger partial charge in [0.15, 0.2) is 0 Å². The molecule has 7 heteroatoms. The maximum Gasteiger partial charge on any atom is 0.348 e. The number of nitrogens with zero attached hydrogens (tertiary/aromatic N) is 1. The second kappa shape index (κ2) is 4.79. The molecule has 0 saturated heterocycles. The number of aliphatic hydroxyl groups excluding tert-OH is 1. The molecule has 0 saturated carbocycles. The van der Waals surface area contributed by atoms with Crippen LogP contribution in [0.1, 0.15) is 15.2 Å². The Hall–Kier alpha value is -1.86. The van der Waals surface area contributed by atoms with Gasteiger partial charge in [-0.05, 0) is 18.6 Å². The Bertz CT molecular complexity index is 609. The zero-order valence-electron chi connectivity index (χ0n) is 9.73. The molecule has 96 valence electrons. The van der Waals surface area contributed by atoms with Gasteiger partial charge in [0.05, 0.1) is 12.3 Å². The van der Waals surface area contributed by atoms with Gasteiger partial charge in [-0.1, -0.05) is 0 Å². The molecule has 0 aliphatic carbocycles. The van der Waals surface area contributed by atoms with E-state index in [-0.39, 0.29) is 17.2 Å². The minimum atomic E-state index is -1.04. The molecule has 0 aliphatic heterocycles. The van der Waals surface area contributed by atoms with Gasteiger partial charge in [0.1, 0.15) is 15.5 Å². The fourth-order valence-electron chi connectivity index (χ4n) is 1.74. The van der Waals surface area contributed by atoms with Crippen molar-refractivity contribution in [3.63, 3.8) is 0 Å². The van der Waals surface area contributed by atoms with Crippen LogP contribution in [0, 0.1) is 6.92 Å². The lowest BCUT2D eigenvalue weighted by Gasteiger charge is -2.05. The number of aromatic nitrogens is 1. The van der Waals surface area contributed by atoms with E-state index in [1.165, 1.54) is 0 Å². The highest BCUT2D eigenvalue weighted by Crippen LogP contribution is 2.35. The first-order valence-corrected chi connectivity index (χ1v) is 6.14. The summed E-state index contributed by atoms with van der Waals surface area (Å²) >= 11 is 1.06. The number of nitrogens with one attached hydrogen (secondary N) is 1. The van der Waals surface area contributed by atoms with Crippen LogP contribution in [0.2, 0.25) is 0 Å². The molecule has 2 aromatic rings. The Kier molecular flexibility index (Phi) is 3.35. The van der Waals surface area contributed by atoms with E-state index in [4.69, 9.17) is 15.9 Å². The first-order valence-electron chi connectivity index (χ1n) is 5.32. The molecular weight excluding hydrogens is 254 g/mol. The van der Waals surface area contributed by atoms with E-state index in [0.717, 1.165) is 16.9 Å². The molecule has 0 atom stereocenters. The minimum Gasteiger partial charge on any atom is -0.477 e. The second-order valence-corrected chi connectivity index (χ2v) is 4.80. The SMILES string of the molecule is Cc1cc(NCCO)nc2sc(C(=O)O)c(N)c12. The number of nitrogens with two attached hydrogens (primary N) is 1. The third kappa shape index (κ3) is 2.09. The fraction of sp³-hybridized carbons (Fsp3) is 0.273. The van der Waals surface area contributed by atoms with Crippen molar-refractivity contribution in [3.05, 3.63) is 16.5 Å². The molecule has 2 rings (SSSR count). The van der Waals surface area contributed by atoms with Crippen LogP contribution >= 0.6 is 11.3 Å². The van der Waals surface area contributed by atoms with Crippen molar-refractivity contribution in [1.82, 2.24) is 4.98 Å². The van der Waals surface area contributed by atoms with Crippen LogP contribution in [0.3, 0.4) is 0 Å². The zero-order chi connectivity index (χ0) is 13.3. The lowest BCUT2D eigenvalue weighted by molar-refractivity contribution is 0.0703. The van der Waals surface area contributed by atoms with Crippen molar-refractivity contribution in [2.45, 2.75) is 6.92 Å². The van der Waals surface area contributed by atoms with Gasteiger partial charge in [-0.15, -0.1) is 11.3 Å². The highest BCUT2D eigenvalue weighted by Gasteiger charge is 2.18. The number of fused-ring (bicyclic) bond motifs is 1. The summed E-state index contributed by atoms with van der Waals surface area (Å²) in [4.78, 5) is 16.0. The van der Waals surface area contributed by atoms with Gasteiger partial charge in [-0.3, -0.25) is 0 Å². The van der Waals surface area contributed by atoms with Gasteiger partial charge in [-0.2, -0.15) is 0 Å². The highest BCUT2D eigenvalue weighted by molar-refractivity contribution is 7.21. The topological polar surface area (TPSA) is 108 Å². The Labute approximate surface area is 107 Å². The number of rotatable bonds is 4. The molecule has 18 heavy (non-hydrogen) atoms. The van der Waals surface area contributed by atoms with Crippen LogP contribution in [0.25, 0.3) is 10.2 Å². The van der Waals surface area contributed by atoms with Crippen molar-refractivity contribution in [1.29, 1.82) is 0 Å². The lowest BCUT2D eigenvalue weighted by atomic mass is 10.1. The van der Waals surface area contributed by atoms with Crippen molar-refractivity contribution >= 4 is 39.0 Å². The fourth-order valence-corrected chi connectivity index (χ4v) is 2.75. The standard InChI is InChI=1S/C11H13N3O3S/c1-5-4-6(13-2-3-15)14-10-7(5)8(12)9(18-10)11(16)17/h4,15H,2-3,12H2,1H3,(H,13,14)(H,16,17). The maximum absolute atomic E-state index is 11.0. The van der Waals surface area contributed by atoms with E-state index in [2.05, 4.69) is 10.3 Å². The quantitative estimate of drug-likeness (QED) is 0.664. The summed E-state index contributed by atoms with van der Waals surface area (Å²) < 4.78 is 0. The number of aliphatic hydroxyl groups is 1. The maximum atomic E-state index is 11.0. The summed E-state index contributed by atoms with van der Waals surface area (Å²) in [5, 5.41) is 21.4. The average molecular weight is 267 g/mol. The van der Waals surface area contributed by atoms with Gasteiger partial charge in [0.2, 0.25) is 0 Å². The summed E-state index contributed by atoms with van der Waals surface area (Å²) in [5.41, 5.74) is 6.95. The van der Waals surface area contributed by atoms with E-state index < -0.39 is 5.97 Å². The summed E-state index contributed by atoms with van der Waals surface area (Å²) in [6.45, 7) is 2.25. The number of carbonyl (C=O) groups is 1. The Morgan fingerprint density at radius 3 is 2.94 bits per heavy atom. The number of aryl methyl sites for hydroxylation is 1. The molecule has 5 N–H and O–H groups in total. The lowest BCUT2D eigenvalue weighted by Crippen LogP contribution is -2.07. The van der Waals surface area contributed by atoms with Crippen molar-refractivity contribution in [2.24, 2.45) is 0 Å². The van der Waals surface area contributed by atoms with E-state index in [1.54, 1.807) is 6.07 Å². The number of hydrogen-bond donors (Lipinski definition) is 4. The molecule has 2 aromatic heterocycles. The van der Waals surface area contributed by atoms with Crippen molar-refractivity contribution in [3.8, 4) is 0 Å². The van der Waals surface area contributed by atoms with Crippen LogP contribution < -0.4 is 11.1 Å². The molecule has 6 nitrogen and oxygen atoms in total. The van der Waals surface area contributed by atoms with Crippen LogP contribution in [0.4, 0.5) is 11.5 Å². The molecule has 0 bridgehead atoms. The Morgan fingerprint density at radius 2 is 2.33 bits per heavy atom. The van der Waals surface area contributed by atoms with Gasteiger partial charge in [0.25, 0.3) is 0 Å². The average Bonchev–Trinajstić information content (AvgIpc) is 2.64. The number of anilines is 2. The van der Waals surface area contributed by atoms with Gasteiger partial charge in [0, 0.05) is 11.9 Å². The molecule has 0 spiro atoms. The number of pyridine rings is 1. The van der Waals surface area contributed by atoms with Crippen LogP contribution in [0.5, 0.6) is 0 Å². The number of carboxylic acid groups (broad SMARTS) is 1. The number of aromatic carboxylic acids is 1. The minimum absolute atomic E-state index is 0.00567. The monoisotopic (exact) mass is 267 g/mol. The molecule has 0 radical (unpaired) electrons. The predicted molar refractivity (Wildman–Crippen MR) is 71.3 cm³/mol. The number of nitrogen functional groups attached to an aromatic ring is 1. The molecule has 0 amide bonds. The molecule has 0 unspecified atom stereocenters. The van der Waals surface area contributed by atoms with E-state index in [1.807, 2.05) is 6.92 Å². The van der Waals surface area contributed by atoms with E-state index >= 15 is 0 Å². The third-order valence-electron chi connectivity index (χ3n) is 2.51. The summed E-state index contributed by atoms with van der Waals surface area (Å²) in [7, 11) is 0. The summed E-state index contributed by atoms with van der Waals surface area (Å²) in [6.07, 6.45) is 0. The Morgan fingerprint density at radius 1 is 1.61 bits per heavy atom. The molecule has 0 fully saturated rings. The molecule has 2 heterocycles. The number of hydrogen-bond acceptors (Lipinski definition) is 6. The van der Waals surface area contributed by atoms with Crippen LogP contribution in [-0.2, 0) is 0 Å². The van der Waals surface area contributed by atoms with Gasteiger partial charge >= 0.3 is 5.97 Å². The van der Waals surface area contributed by atoms with E-state index in [0.29, 0.717) is 22.6 Å². The van der Waals surface area contributed by atoms with Crippen LogP contribution in [-0.4, -0.2) is 34.3 Å². The van der Waals surface area contributed by atoms with Crippen molar-refractivity contribution in [2.75, 3.05) is 24.2 Å². The smallest absolute Gasteiger partial charge is 0.348 e. The zero-order valence-corrected chi connectivity index (χ0v) is 10.5. The van der Waals surface area contributed by atoms with Crippen LogP contribution in [0.15, 0.2) is 6.07 Å². The van der Waals surface area contributed by atoms with Gasteiger partial charge < -0.3 is 21.3 Å². The molecule has 0 aromatic carbocycles. The number of thiophene rings is 1. The molecule has 0 aliphatic rings. The summed E-state index contributed by atoms with van der Waals surface area (Å²) in [6, 6.07) is 1.78. The normalized spacial score (nSPS) is 10.8. The largest absolute Gasteiger partial charge is 0.477 e. The highest BCUT2D eigenvalue weighted by atomic mass is 32.1. The molecular formula is C11H13N3O3S. The van der Waals surface area contributed by atoms with Gasteiger partial charge in [-0.25, -0.2) is 9.78 Å². The second-order valence-electron chi connectivity index (χ2n) is 3.80. The van der Waals surface area contributed by atoms with E-state index in [9.17, 15) is 4.79 Å². The first-order chi connectivity index (χ1) is 8.54. The summed E-state index contributed by atoms with van der Waals surface area (Å²) in [5.74, 6) is -0.438.